The predicted molar refractivity (Wildman–Crippen MR) is 89.5 cm³/mol. The molecule has 1 amide bonds. The van der Waals surface area contributed by atoms with Crippen molar-refractivity contribution in [2.75, 3.05) is 13.6 Å². The highest BCUT2D eigenvalue weighted by molar-refractivity contribution is 7.16. The van der Waals surface area contributed by atoms with Crippen molar-refractivity contribution >= 4 is 27.5 Å². The maximum absolute atomic E-state index is 12.3. The number of carbonyl (C=O) groups is 1. The molecular weight excluding hydrogens is 314 g/mol. The lowest BCUT2D eigenvalue weighted by atomic mass is 10.1. The molecule has 1 N–H and O–H groups in total. The van der Waals surface area contributed by atoms with Crippen LogP contribution in [0.5, 0.6) is 0 Å². The van der Waals surface area contributed by atoms with Gasteiger partial charge >= 0.3 is 0 Å². The normalized spacial score (nSPS) is 21.0. The minimum absolute atomic E-state index is 0.0126. The molecule has 0 radical (unpaired) electrons. The summed E-state index contributed by atoms with van der Waals surface area (Å²) >= 11 is 1.43. The summed E-state index contributed by atoms with van der Waals surface area (Å²) in [5.74, 6) is 0.164. The van der Waals surface area contributed by atoms with E-state index in [0.29, 0.717) is 18.5 Å². The van der Waals surface area contributed by atoms with Crippen LogP contribution >= 0.6 is 11.3 Å². The second kappa shape index (κ2) is 6.80. The Morgan fingerprint density at radius 3 is 3.09 bits per heavy atom. The number of rotatable bonds is 5. The Labute approximate surface area is 138 Å². The van der Waals surface area contributed by atoms with E-state index < -0.39 is 0 Å². The summed E-state index contributed by atoms with van der Waals surface area (Å²) in [6.07, 6.45) is 4.30. The summed E-state index contributed by atoms with van der Waals surface area (Å²) in [5, 5.41) is 12.3. The van der Waals surface area contributed by atoms with Crippen LogP contribution in [0.2, 0.25) is 0 Å². The molecule has 0 aliphatic heterocycles. The van der Waals surface area contributed by atoms with Crippen molar-refractivity contribution in [1.82, 2.24) is 14.5 Å². The summed E-state index contributed by atoms with van der Waals surface area (Å²) in [6.45, 7) is 0.907. The second-order valence-corrected chi connectivity index (χ2v) is 7.06. The van der Waals surface area contributed by atoms with Gasteiger partial charge in [-0.1, -0.05) is 6.42 Å². The Balaban J connectivity index is 1.59. The van der Waals surface area contributed by atoms with Gasteiger partial charge in [-0.25, -0.2) is 4.98 Å². The molecule has 1 aliphatic rings. The van der Waals surface area contributed by atoms with Gasteiger partial charge in [-0.15, -0.1) is 11.3 Å². The van der Waals surface area contributed by atoms with Crippen LogP contribution in [0.4, 0.5) is 0 Å². The first-order valence-electron chi connectivity index (χ1n) is 7.91. The molecule has 2 aromatic rings. The van der Waals surface area contributed by atoms with Crippen LogP contribution in [0.15, 0.2) is 22.6 Å². The van der Waals surface area contributed by atoms with Crippen molar-refractivity contribution in [3.8, 4) is 0 Å². The summed E-state index contributed by atoms with van der Waals surface area (Å²) in [5.41, 5.74) is -0.0991. The lowest BCUT2D eigenvalue weighted by Crippen LogP contribution is -2.35. The third kappa shape index (κ3) is 3.45. The highest BCUT2D eigenvalue weighted by Gasteiger charge is 2.27. The molecule has 0 bridgehead atoms. The zero-order valence-corrected chi connectivity index (χ0v) is 14.0. The third-order valence-corrected chi connectivity index (χ3v) is 5.39. The lowest BCUT2D eigenvalue weighted by Gasteiger charge is -2.23. The Hall–Kier alpha value is -1.73. The Morgan fingerprint density at radius 2 is 2.35 bits per heavy atom. The summed E-state index contributed by atoms with van der Waals surface area (Å²) in [4.78, 5) is 31.1. The third-order valence-electron chi connectivity index (χ3n) is 4.57. The van der Waals surface area contributed by atoms with Crippen LogP contribution in [-0.4, -0.2) is 45.2 Å². The number of amides is 1. The fourth-order valence-electron chi connectivity index (χ4n) is 3.14. The summed E-state index contributed by atoms with van der Waals surface area (Å²) < 4.78 is 1.49. The molecule has 3 rings (SSSR count). The van der Waals surface area contributed by atoms with Crippen LogP contribution in [0.25, 0.3) is 10.2 Å². The van der Waals surface area contributed by atoms with Crippen LogP contribution in [0, 0.1) is 5.92 Å². The smallest absolute Gasteiger partial charge is 0.262 e. The molecule has 2 unspecified atom stereocenters. The number of hydrogen-bond donors (Lipinski definition) is 1. The van der Waals surface area contributed by atoms with Crippen LogP contribution in [0.3, 0.4) is 0 Å². The van der Waals surface area contributed by atoms with Gasteiger partial charge in [0.15, 0.2) is 0 Å². The first kappa shape index (κ1) is 16.1. The molecule has 6 nitrogen and oxygen atoms in total. The van der Waals surface area contributed by atoms with Crippen molar-refractivity contribution in [3.05, 3.63) is 28.1 Å². The maximum atomic E-state index is 12.3. The van der Waals surface area contributed by atoms with Crippen LogP contribution < -0.4 is 5.56 Å². The minimum atomic E-state index is -0.293. The fraction of sp³-hybridized carbons (Fsp3) is 0.562. The lowest BCUT2D eigenvalue weighted by molar-refractivity contribution is -0.131. The molecular formula is C16H21N3O3S. The van der Waals surface area contributed by atoms with Gasteiger partial charge in [-0.3, -0.25) is 14.2 Å². The molecule has 7 heteroatoms. The molecule has 1 aliphatic carbocycles. The van der Waals surface area contributed by atoms with E-state index in [1.54, 1.807) is 18.0 Å². The Morgan fingerprint density at radius 1 is 1.52 bits per heavy atom. The molecule has 2 heterocycles. The SMILES string of the molecule is CN(CC1CCCC1O)C(=O)CCn1cnc2sccc2c1=O. The number of fused-ring (bicyclic) bond motifs is 1. The van der Waals surface area contributed by atoms with Crippen LogP contribution in [-0.2, 0) is 11.3 Å². The van der Waals surface area contributed by atoms with Crippen molar-refractivity contribution < 1.29 is 9.90 Å². The van der Waals surface area contributed by atoms with Gasteiger partial charge in [0, 0.05) is 32.5 Å². The molecule has 0 saturated heterocycles. The van der Waals surface area contributed by atoms with E-state index in [-0.39, 0.29) is 29.9 Å². The summed E-state index contributed by atoms with van der Waals surface area (Å²) in [7, 11) is 1.76. The van der Waals surface area contributed by atoms with Gasteiger partial charge in [0.2, 0.25) is 5.91 Å². The van der Waals surface area contributed by atoms with Crippen molar-refractivity contribution in [3.63, 3.8) is 0 Å². The molecule has 23 heavy (non-hydrogen) atoms. The van der Waals surface area contributed by atoms with E-state index in [4.69, 9.17) is 0 Å². The Bertz CT molecular complexity index is 754. The van der Waals surface area contributed by atoms with Gasteiger partial charge in [-0.2, -0.15) is 0 Å². The average Bonchev–Trinajstić information content (AvgIpc) is 3.16. The number of aliphatic hydroxyl groups excluding tert-OH is 1. The monoisotopic (exact) mass is 335 g/mol. The molecule has 2 atom stereocenters. The second-order valence-electron chi connectivity index (χ2n) is 6.17. The zero-order valence-electron chi connectivity index (χ0n) is 13.1. The molecule has 124 valence electrons. The highest BCUT2D eigenvalue weighted by Crippen LogP contribution is 2.26. The molecule has 1 saturated carbocycles. The zero-order chi connectivity index (χ0) is 16.4. The highest BCUT2D eigenvalue weighted by atomic mass is 32.1. The van der Waals surface area contributed by atoms with Crippen molar-refractivity contribution in [1.29, 1.82) is 0 Å². The quantitative estimate of drug-likeness (QED) is 0.898. The van der Waals surface area contributed by atoms with Crippen LogP contribution in [0.1, 0.15) is 25.7 Å². The van der Waals surface area contributed by atoms with E-state index in [1.807, 2.05) is 5.38 Å². The molecule has 1 fully saturated rings. The van der Waals surface area contributed by atoms with Gasteiger partial charge in [0.05, 0.1) is 17.8 Å². The van der Waals surface area contributed by atoms with Gasteiger partial charge in [0.25, 0.3) is 5.56 Å². The number of carbonyl (C=O) groups excluding carboxylic acids is 1. The molecule has 0 aromatic carbocycles. The maximum Gasteiger partial charge on any atom is 0.262 e. The topological polar surface area (TPSA) is 75.4 Å². The number of nitrogens with zero attached hydrogens (tertiary/aromatic N) is 3. The Kier molecular flexibility index (Phi) is 4.77. The standard InChI is InChI=1S/C16H21N3O3S/c1-18(9-11-3-2-4-13(11)20)14(21)5-7-19-10-17-15-12(16(19)22)6-8-23-15/h6,8,10-11,13,20H,2-5,7,9H2,1H3. The van der Waals surface area contributed by atoms with Crippen molar-refractivity contribution in [2.45, 2.75) is 38.3 Å². The largest absolute Gasteiger partial charge is 0.393 e. The molecule has 2 aromatic heterocycles. The van der Waals surface area contributed by atoms with E-state index in [2.05, 4.69) is 4.98 Å². The summed E-state index contributed by atoms with van der Waals surface area (Å²) in [6, 6.07) is 1.77. The van der Waals surface area contributed by atoms with E-state index >= 15 is 0 Å². The predicted octanol–water partition coefficient (Wildman–Crippen LogP) is 1.47. The van der Waals surface area contributed by atoms with Gasteiger partial charge in [0.1, 0.15) is 4.83 Å². The van der Waals surface area contributed by atoms with Gasteiger partial charge < -0.3 is 10.0 Å². The van der Waals surface area contributed by atoms with E-state index in [1.165, 1.54) is 22.2 Å². The minimum Gasteiger partial charge on any atom is -0.393 e. The number of thiophene rings is 1. The first-order valence-corrected chi connectivity index (χ1v) is 8.79. The van der Waals surface area contributed by atoms with E-state index in [9.17, 15) is 14.7 Å². The number of aryl methyl sites for hydroxylation is 1. The van der Waals surface area contributed by atoms with Crippen molar-refractivity contribution in [2.24, 2.45) is 5.92 Å². The number of hydrogen-bond acceptors (Lipinski definition) is 5. The number of aromatic nitrogens is 2. The van der Waals surface area contributed by atoms with E-state index in [0.717, 1.165) is 24.1 Å². The number of aliphatic hydroxyl groups is 1. The fourth-order valence-corrected chi connectivity index (χ4v) is 3.87. The first-order chi connectivity index (χ1) is 11.1. The molecule has 0 spiro atoms. The average molecular weight is 335 g/mol. The van der Waals surface area contributed by atoms with Gasteiger partial charge in [-0.05, 0) is 24.3 Å².